The predicted molar refractivity (Wildman–Crippen MR) is 50.4 cm³/mol. The molecule has 1 N–H and O–H groups in total. The van der Waals surface area contributed by atoms with E-state index in [4.69, 9.17) is 4.74 Å². The molecule has 2 heterocycles. The molecule has 1 aromatic carbocycles. The van der Waals surface area contributed by atoms with Gasteiger partial charge in [0.25, 0.3) is 0 Å². The molecular formula is C11H12FNO. The minimum atomic E-state index is -0.239. The SMILES string of the molecule is Fc1ccc2c(c1)C1(CCNC1)OC2. The van der Waals surface area contributed by atoms with Crippen molar-refractivity contribution in [1.29, 1.82) is 0 Å². The Labute approximate surface area is 82.1 Å². The molecule has 2 nitrogen and oxygen atoms in total. The minimum absolute atomic E-state index is 0.166. The summed E-state index contributed by atoms with van der Waals surface area (Å²) in [4.78, 5) is 0. The number of hydrogen-bond donors (Lipinski definition) is 1. The number of fused-ring (bicyclic) bond motifs is 2. The molecule has 2 aliphatic rings. The lowest BCUT2D eigenvalue weighted by Crippen LogP contribution is -2.27. The molecule has 1 spiro atoms. The lowest BCUT2D eigenvalue weighted by Gasteiger charge is -2.22. The Morgan fingerprint density at radius 2 is 2.36 bits per heavy atom. The third-order valence-corrected chi connectivity index (χ3v) is 3.18. The molecule has 1 unspecified atom stereocenters. The highest BCUT2D eigenvalue weighted by Crippen LogP contribution is 2.40. The van der Waals surface area contributed by atoms with Gasteiger partial charge in [0.15, 0.2) is 0 Å². The van der Waals surface area contributed by atoms with E-state index in [-0.39, 0.29) is 11.4 Å². The van der Waals surface area contributed by atoms with Gasteiger partial charge in [-0.3, -0.25) is 0 Å². The van der Waals surface area contributed by atoms with Crippen molar-refractivity contribution >= 4 is 0 Å². The molecule has 0 aliphatic carbocycles. The lowest BCUT2D eigenvalue weighted by molar-refractivity contribution is -0.0219. The Bertz CT molecular complexity index is 372. The van der Waals surface area contributed by atoms with Crippen molar-refractivity contribution in [2.75, 3.05) is 13.1 Å². The van der Waals surface area contributed by atoms with Crippen molar-refractivity contribution < 1.29 is 9.13 Å². The van der Waals surface area contributed by atoms with E-state index >= 15 is 0 Å². The summed E-state index contributed by atoms with van der Waals surface area (Å²) in [6, 6.07) is 4.96. The quantitative estimate of drug-likeness (QED) is 0.675. The average molecular weight is 193 g/mol. The molecule has 0 aromatic heterocycles. The number of rotatable bonds is 0. The van der Waals surface area contributed by atoms with Crippen LogP contribution >= 0.6 is 0 Å². The highest BCUT2D eigenvalue weighted by molar-refractivity contribution is 5.37. The third kappa shape index (κ3) is 1.03. The molecule has 0 saturated carbocycles. The Kier molecular flexibility index (Phi) is 1.66. The molecule has 0 radical (unpaired) electrons. The van der Waals surface area contributed by atoms with Crippen molar-refractivity contribution in [2.24, 2.45) is 0 Å². The Morgan fingerprint density at radius 3 is 3.14 bits per heavy atom. The van der Waals surface area contributed by atoms with Gasteiger partial charge in [0, 0.05) is 6.54 Å². The molecule has 0 bridgehead atoms. The number of halogens is 1. The molecule has 1 aromatic rings. The first-order valence-electron chi connectivity index (χ1n) is 4.94. The lowest BCUT2D eigenvalue weighted by atomic mass is 9.91. The van der Waals surface area contributed by atoms with E-state index in [1.807, 2.05) is 6.07 Å². The van der Waals surface area contributed by atoms with Crippen LogP contribution in [-0.4, -0.2) is 13.1 Å². The smallest absolute Gasteiger partial charge is 0.123 e. The molecule has 2 aliphatic heterocycles. The third-order valence-electron chi connectivity index (χ3n) is 3.18. The van der Waals surface area contributed by atoms with E-state index in [1.165, 1.54) is 6.07 Å². The van der Waals surface area contributed by atoms with Crippen molar-refractivity contribution in [3.63, 3.8) is 0 Å². The Hall–Kier alpha value is -0.930. The summed E-state index contributed by atoms with van der Waals surface area (Å²) in [5.74, 6) is -0.166. The fourth-order valence-corrected chi connectivity index (χ4v) is 2.41. The van der Waals surface area contributed by atoms with Crippen molar-refractivity contribution in [1.82, 2.24) is 5.32 Å². The van der Waals surface area contributed by atoms with Gasteiger partial charge >= 0.3 is 0 Å². The van der Waals surface area contributed by atoms with Crippen LogP contribution in [0.1, 0.15) is 17.5 Å². The predicted octanol–water partition coefficient (Wildman–Crippen LogP) is 1.54. The maximum atomic E-state index is 13.1. The first kappa shape index (κ1) is 8.38. The Morgan fingerprint density at radius 1 is 1.43 bits per heavy atom. The van der Waals surface area contributed by atoms with Crippen LogP contribution < -0.4 is 5.32 Å². The molecule has 3 rings (SSSR count). The molecule has 0 amide bonds. The van der Waals surface area contributed by atoms with Gasteiger partial charge in [-0.15, -0.1) is 0 Å². The first-order chi connectivity index (χ1) is 6.80. The van der Waals surface area contributed by atoms with Crippen molar-refractivity contribution in [3.05, 3.63) is 35.1 Å². The standard InChI is InChI=1S/C11H12FNO/c12-9-2-1-8-6-14-11(10(8)5-9)3-4-13-7-11/h1-2,5,13H,3-4,6-7H2. The topological polar surface area (TPSA) is 21.3 Å². The molecule has 3 heteroatoms. The van der Waals surface area contributed by atoms with Gasteiger partial charge in [-0.2, -0.15) is 0 Å². The second-order valence-corrected chi connectivity index (χ2v) is 4.01. The highest BCUT2D eigenvalue weighted by atomic mass is 19.1. The van der Waals surface area contributed by atoms with Gasteiger partial charge in [-0.25, -0.2) is 4.39 Å². The molecule has 74 valence electrons. The van der Waals surface area contributed by atoms with Crippen molar-refractivity contribution in [2.45, 2.75) is 18.6 Å². The van der Waals surface area contributed by atoms with E-state index in [1.54, 1.807) is 6.07 Å². The highest BCUT2D eigenvalue weighted by Gasteiger charge is 2.42. The summed E-state index contributed by atoms with van der Waals surface area (Å²) in [6.07, 6.45) is 0.948. The van der Waals surface area contributed by atoms with Crippen LogP contribution in [0.15, 0.2) is 18.2 Å². The second kappa shape index (κ2) is 2.78. The number of ether oxygens (including phenoxy) is 1. The van der Waals surface area contributed by atoms with Gasteiger partial charge in [-0.1, -0.05) is 6.07 Å². The van der Waals surface area contributed by atoms with Crippen LogP contribution in [0.4, 0.5) is 4.39 Å². The van der Waals surface area contributed by atoms with Crippen LogP contribution in [0.5, 0.6) is 0 Å². The summed E-state index contributed by atoms with van der Waals surface area (Å²) < 4.78 is 18.9. The van der Waals surface area contributed by atoms with Gasteiger partial charge in [0.05, 0.1) is 6.61 Å². The van der Waals surface area contributed by atoms with Crippen LogP contribution in [0.2, 0.25) is 0 Å². The Balaban J connectivity index is 2.12. The maximum Gasteiger partial charge on any atom is 0.123 e. The summed E-state index contributed by atoms with van der Waals surface area (Å²) in [5.41, 5.74) is 1.94. The van der Waals surface area contributed by atoms with Crippen molar-refractivity contribution in [3.8, 4) is 0 Å². The first-order valence-corrected chi connectivity index (χ1v) is 4.94. The second-order valence-electron chi connectivity index (χ2n) is 4.01. The van der Waals surface area contributed by atoms with Crippen LogP contribution in [0.3, 0.4) is 0 Å². The fraction of sp³-hybridized carbons (Fsp3) is 0.455. The van der Waals surface area contributed by atoms with E-state index < -0.39 is 0 Å². The normalized spacial score (nSPS) is 29.8. The monoisotopic (exact) mass is 193 g/mol. The van der Waals surface area contributed by atoms with Crippen LogP contribution in [0, 0.1) is 5.82 Å². The summed E-state index contributed by atoms with van der Waals surface area (Å²) >= 11 is 0. The number of hydrogen-bond acceptors (Lipinski definition) is 2. The molecule has 1 saturated heterocycles. The summed E-state index contributed by atoms with van der Waals surface area (Å²) in [6.45, 7) is 2.39. The summed E-state index contributed by atoms with van der Waals surface area (Å²) in [5, 5.41) is 3.27. The molecule has 14 heavy (non-hydrogen) atoms. The zero-order valence-electron chi connectivity index (χ0n) is 7.85. The maximum absolute atomic E-state index is 13.1. The number of nitrogens with one attached hydrogen (secondary N) is 1. The van der Waals surface area contributed by atoms with Crippen LogP contribution in [-0.2, 0) is 16.9 Å². The summed E-state index contributed by atoms with van der Waals surface area (Å²) in [7, 11) is 0. The van der Waals surface area contributed by atoms with Gasteiger partial charge in [-0.05, 0) is 36.2 Å². The van der Waals surface area contributed by atoms with Gasteiger partial charge < -0.3 is 10.1 Å². The molecular weight excluding hydrogens is 181 g/mol. The van der Waals surface area contributed by atoms with Crippen LogP contribution in [0.25, 0.3) is 0 Å². The molecule has 1 atom stereocenters. The van der Waals surface area contributed by atoms with Gasteiger partial charge in [0.1, 0.15) is 11.4 Å². The number of benzene rings is 1. The average Bonchev–Trinajstić information content (AvgIpc) is 2.77. The largest absolute Gasteiger partial charge is 0.364 e. The van der Waals surface area contributed by atoms with E-state index in [9.17, 15) is 4.39 Å². The van der Waals surface area contributed by atoms with E-state index in [2.05, 4.69) is 5.32 Å². The van der Waals surface area contributed by atoms with E-state index in [0.29, 0.717) is 6.61 Å². The fourth-order valence-electron chi connectivity index (χ4n) is 2.41. The van der Waals surface area contributed by atoms with E-state index in [0.717, 1.165) is 30.6 Å². The zero-order chi connectivity index (χ0) is 9.60. The zero-order valence-corrected chi connectivity index (χ0v) is 7.85. The molecule has 1 fully saturated rings. The van der Waals surface area contributed by atoms with Gasteiger partial charge in [0.2, 0.25) is 0 Å². The minimum Gasteiger partial charge on any atom is -0.364 e.